The van der Waals surface area contributed by atoms with Gasteiger partial charge in [0.05, 0.1) is 7.11 Å². The van der Waals surface area contributed by atoms with Gasteiger partial charge in [-0.1, -0.05) is 66.7 Å². The molecule has 2 spiro atoms. The third-order valence-corrected chi connectivity index (χ3v) is 9.02. The van der Waals surface area contributed by atoms with Gasteiger partial charge < -0.3 is 14.7 Å². The van der Waals surface area contributed by atoms with E-state index in [4.69, 9.17) is 4.74 Å². The second-order valence-corrected chi connectivity index (χ2v) is 10.2. The molecule has 0 saturated carbocycles. The van der Waals surface area contributed by atoms with E-state index in [1.807, 2.05) is 42.5 Å². The normalized spacial score (nSPS) is 28.4. The Kier molecular flexibility index (Phi) is 4.47. The number of nitrogens with zero attached hydrogens (tertiary/aromatic N) is 1. The number of thioether (sulfide) groups is 1. The van der Waals surface area contributed by atoms with Crippen molar-refractivity contribution in [3.8, 4) is 0 Å². The number of fused-ring (bicyclic) bond motifs is 4. The highest BCUT2D eigenvalue weighted by Gasteiger charge is 2.82. The number of ether oxygens (including phenoxy) is 1. The maximum atomic E-state index is 14.5. The minimum Gasteiger partial charge on any atom is -0.467 e. The van der Waals surface area contributed by atoms with Gasteiger partial charge >= 0.3 is 5.97 Å². The number of anilines is 1. The van der Waals surface area contributed by atoms with Gasteiger partial charge in [-0.25, -0.2) is 4.79 Å². The monoisotopic (exact) mass is 483 g/mol. The molecular formula is C28H21NO5S. The quantitative estimate of drug-likeness (QED) is 0.561. The second-order valence-electron chi connectivity index (χ2n) is 8.92. The van der Waals surface area contributed by atoms with Crippen LogP contribution in [0.2, 0.25) is 0 Å². The highest BCUT2D eigenvalue weighted by Crippen LogP contribution is 2.71. The zero-order valence-corrected chi connectivity index (χ0v) is 19.8. The molecule has 174 valence electrons. The van der Waals surface area contributed by atoms with E-state index in [0.717, 1.165) is 0 Å². The number of methoxy groups -OCH3 is 1. The summed E-state index contributed by atoms with van der Waals surface area (Å²) >= 11 is 1.22. The van der Waals surface area contributed by atoms with Crippen LogP contribution in [0.5, 0.6) is 0 Å². The van der Waals surface area contributed by atoms with Crippen LogP contribution in [0.4, 0.5) is 5.69 Å². The van der Waals surface area contributed by atoms with E-state index >= 15 is 0 Å². The summed E-state index contributed by atoms with van der Waals surface area (Å²) in [6.07, 6.45) is 1.37. The van der Waals surface area contributed by atoms with Gasteiger partial charge in [-0.05, 0) is 34.9 Å². The number of likely N-dealkylation sites (N-methyl/N-ethyl adjacent to an activating group) is 1. The zero-order valence-electron chi connectivity index (χ0n) is 19.0. The fraction of sp³-hybridized carbons (Fsp3) is 0.179. The number of amides is 1. The number of esters is 1. The number of ketones is 1. The van der Waals surface area contributed by atoms with Crippen LogP contribution in [0.3, 0.4) is 0 Å². The molecule has 0 fully saturated rings. The topological polar surface area (TPSA) is 83.9 Å². The smallest absolute Gasteiger partial charge is 0.343 e. The lowest BCUT2D eigenvalue weighted by Gasteiger charge is -2.45. The lowest BCUT2D eigenvalue weighted by Crippen LogP contribution is -2.68. The third-order valence-electron chi connectivity index (χ3n) is 7.42. The fourth-order valence-electron chi connectivity index (χ4n) is 6.00. The Hall–Kier alpha value is -3.68. The SMILES string of the molecule is COC(=O)[C@@]1(O)C=C(c2ccccc2)[C@@]2(Sc3ccccc3C2=O)[C@@]12C(=O)N(C)c1ccccc12. The molecule has 1 amide bonds. The molecule has 0 bridgehead atoms. The molecule has 3 aromatic rings. The summed E-state index contributed by atoms with van der Waals surface area (Å²) in [7, 11) is 2.77. The first kappa shape index (κ1) is 21.8. The molecule has 6 nitrogen and oxygen atoms in total. The Morgan fingerprint density at radius 2 is 1.60 bits per heavy atom. The van der Waals surface area contributed by atoms with E-state index in [0.29, 0.717) is 32.8 Å². The maximum Gasteiger partial charge on any atom is 0.343 e. The van der Waals surface area contributed by atoms with Crippen molar-refractivity contribution in [2.24, 2.45) is 0 Å². The molecule has 2 heterocycles. The van der Waals surface area contributed by atoms with Gasteiger partial charge in [0.15, 0.2) is 5.78 Å². The predicted octanol–water partition coefficient (Wildman–Crippen LogP) is 3.63. The number of carbonyl (C=O) groups excluding carboxylic acids is 3. The van der Waals surface area contributed by atoms with Gasteiger partial charge in [-0.2, -0.15) is 0 Å². The van der Waals surface area contributed by atoms with Gasteiger partial charge in [0.1, 0.15) is 10.2 Å². The van der Waals surface area contributed by atoms with Crippen molar-refractivity contribution in [1.82, 2.24) is 0 Å². The molecule has 0 aromatic heterocycles. The van der Waals surface area contributed by atoms with Crippen LogP contribution in [-0.2, 0) is 19.7 Å². The minimum absolute atomic E-state index is 0.327. The molecular weight excluding hydrogens is 462 g/mol. The van der Waals surface area contributed by atoms with Gasteiger partial charge in [0, 0.05) is 23.2 Å². The van der Waals surface area contributed by atoms with Gasteiger partial charge in [-0.3, -0.25) is 9.59 Å². The van der Waals surface area contributed by atoms with Crippen molar-refractivity contribution < 1.29 is 24.2 Å². The third kappa shape index (κ3) is 2.32. The van der Waals surface area contributed by atoms with E-state index in [2.05, 4.69) is 0 Å². The minimum atomic E-state index is -2.43. The summed E-state index contributed by atoms with van der Waals surface area (Å²) in [5, 5.41) is 12.3. The number of Topliss-reactive ketones (excluding diaryl/α,β-unsaturated/α-hetero) is 1. The molecule has 2 aliphatic heterocycles. The molecule has 7 heteroatoms. The standard InChI is InChI=1S/C28H21NO5S/c1-29-21-14-8-7-13-19(21)27(24(29)31)26(33,25(32)34-2)16-20(17-10-4-3-5-11-17)28(27)23(30)18-12-6-9-15-22(18)35-28/h3-16,33H,1-2H3/t26-,27-,28-/m0/s1. The highest BCUT2D eigenvalue weighted by atomic mass is 32.2. The van der Waals surface area contributed by atoms with Crippen molar-refractivity contribution in [3.63, 3.8) is 0 Å². The molecule has 0 radical (unpaired) electrons. The van der Waals surface area contributed by atoms with Crippen molar-refractivity contribution >= 4 is 40.7 Å². The molecule has 3 aromatic carbocycles. The zero-order chi connectivity index (χ0) is 24.6. The van der Waals surface area contributed by atoms with E-state index in [9.17, 15) is 19.5 Å². The Bertz CT molecular complexity index is 1470. The van der Waals surface area contributed by atoms with Gasteiger partial charge in [0.2, 0.25) is 11.5 Å². The molecule has 35 heavy (non-hydrogen) atoms. The second kappa shape index (κ2) is 7.16. The maximum absolute atomic E-state index is 14.5. The molecule has 0 unspecified atom stereocenters. The van der Waals surface area contributed by atoms with E-state index < -0.39 is 27.6 Å². The fourth-order valence-corrected chi connectivity index (χ4v) is 7.74. The van der Waals surface area contributed by atoms with Crippen LogP contribution in [0.15, 0.2) is 89.8 Å². The van der Waals surface area contributed by atoms with Crippen LogP contribution in [0.1, 0.15) is 21.5 Å². The molecule has 1 aliphatic carbocycles. The number of hydrogen-bond acceptors (Lipinski definition) is 6. The summed E-state index contributed by atoms with van der Waals surface area (Å²) in [5.74, 6) is -1.86. The van der Waals surface area contributed by atoms with Crippen LogP contribution in [0, 0.1) is 0 Å². The average molecular weight is 484 g/mol. The number of rotatable bonds is 2. The summed E-state index contributed by atoms with van der Waals surface area (Å²) in [6.45, 7) is 0. The Morgan fingerprint density at radius 3 is 2.31 bits per heavy atom. The Morgan fingerprint density at radius 1 is 0.943 bits per heavy atom. The van der Waals surface area contributed by atoms with Gasteiger partial charge in [-0.15, -0.1) is 11.8 Å². The first-order valence-electron chi connectivity index (χ1n) is 11.1. The lowest BCUT2D eigenvalue weighted by atomic mass is 9.60. The summed E-state index contributed by atoms with van der Waals surface area (Å²) < 4.78 is 3.46. The largest absolute Gasteiger partial charge is 0.467 e. The molecule has 0 saturated heterocycles. The average Bonchev–Trinajstić information content (AvgIpc) is 3.42. The molecule has 6 rings (SSSR count). The molecule has 3 aliphatic rings. The number of benzene rings is 3. The Labute approximate surface area is 206 Å². The van der Waals surface area contributed by atoms with Crippen molar-refractivity contribution in [1.29, 1.82) is 0 Å². The summed E-state index contributed by atoms with van der Waals surface area (Å²) in [5.41, 5.74) is -1.97. The summed E-state index contributed by atoms with van der Waals surface area (Å²) in [4.78, 5) is 44.5. The molecule has 3 atom stereocenters. The van der Waals surface area contributed by atoms with Crippen LogP contribution >= 0.6 is 11.8 Å². The molecule has 1 N–H and O–H groups in total. The van der Waals surface area contributed by atoms with Crippen LogP contribution in [-0.4, -0.2) is 47.3 Å². The highest BCUT2D eigenvalue weighted by molar-refractivity contribution is 8.02. The number of carbonyl (C=O) groups is 3. The van der Waals surface area contributed by atoms with E-state index in [1.54, 1.807) is 43.4 Å². The predicted molar refractivity (Wildman–Crippen MR) is 132 cm³/mol. The lowest BCUT2D eigenvalue weighted by molar-refractivity contribution is -0.166. The van der Waals surface area contributed by atoms with Crippen molar-refractivity contribution in [2.75, 3.05) is 19.1 Å². The number of hydrogen-bond donors (Lipinski definition) is 1. The number of aliphatic hydroxyl groups is 1. The van der Waals surface area contributed by atoms with Crippen molar-refractivity contribution in [3.05, 3.63) is 102 Å². The van der Waals surface area contributed by atoms with Crippen LogP contribution < -0.4 is 4.90 Å². The Balaban J connectivity index is 1.79. The van der Waals surface area contributed by atoms with E-state index in [1.165, 1.54) is 29.8 Å². The summed E-state index contributed by atoms with van der Waals surface area (Å²) in [6, 6.07) is 23.3. The van der Waals surface area contributed by atoms with Crippen LogP contribution in [0.25, 0.3) is 5.57 Å². The first-order chi connectivity index (χ1) is 16.8. The number of para-hydroxylation sites is 1. The first-order valence-corrected chi connectivity index (χ1v) is 12.0. The van der Waals surface area contributed by atoms with Gasteiger partial charge in [0.25, 0.3) is 0 Å². The van der Waals surface area contributed by atoms with E-state index in [-0.39, 0.29) is 5.78 Å². The van der Waals surface area contributed by atoms with Crippen molar-refractivity contribution in [2.45, 2.75) is 20.7 Å².